The topological polar surface area (TPSA) is 47.6 Å². The van der Waals surface area contributed by atoms with Crippen LogP contribution in [0.3, 0.4) is 0 Å². The quantitative estimate of drug-likeness (QED) is 0.701. The minimum atomic E-state index is -0.929. The van der Waals surface area contributed by atoms with Crippen LogP contribution < -0.4 is 5.32 Å². The maximum absolute atomic E-state index is 13.8. The summed E-state index contributed by atoms with van der Waals surface area (Å²) in [6.07, 6.45) is 0.300. The van der Waals surface area contributed by atoms with Crippen molar-refractivity contribution >= 4 is 17.5 Å². The van der Waals surface area contributed by atoms with Gasteiger partial charge in [-0.05, 0) is 42.3 Å². The van der Waals surface area contributed by atoms with E-state index in [9.17, 15) is 13.6 Å². The summed E-state index contributed by atoms with van der Waals surface area (Å²) in [5.74, 6) is -1.97. The Labute approximate surface area is 174 Å². The second-order valence-electron chi connectivity index (χ2n) is 7.60. The molecule has 2 aromatic carbocycles. The molecular weight excluding hydrogens is 400 g/mol. The Morgan fingerprint density at radius 2 is 1.86 bits per heavy atom. The van der Waals surface area contributed by atoms with E-state index in [0.717, 1.165) is 17.7 Å². The van der Waals surface area contributed by atoms with Crippen LogP contribution in [0, 0.1) is 11.6 Å². The maximum atomic E-state index is 13.8. The molecule has 1 aliphatic heterocycles. The lowest BCUT2D eigenvalue weighted by Gasteiger charge is -2.43. The number of rotatable bonds is 6. The van der Waals surface area contributed by atoms with E-state index in [1.54, 1.807) is 6.07 Å². The van der Waals surface area contributed by atoms with Crippen molar-refractivity contribution in [1.82, 2.24) is 5.32 Å². The van der Waals surface area contributed by atoms with Crippen LogP contribution in [-0.4, -0.2) is 25.2 Å². The summed E-state index contributed by atoms with van der Waals surface area (Å²) >= 11 is 6.14. The zero-order valence-corrected chi connectivity index (χ0v) is 17.1. The Morgan fingerprint density at radius 3 is 2.48 bits per heavy atom. The summed E-state index contributed by atoms with van der Waals surface area (Å²) in [5.41, 5.74) is 0.779. The SMILES string of the molecule is COCCC(=O)N[C@@]1(C)C[C@@H](c2cccc(Cl)c2)O[C@@H](c2ccc(F)c(F)c2)C1. The third kappa shape index (κ3) is 5.53. The van der Waals surface area contributed by atoms with E-state index in [-0.39, 0.29) is 18.4 Å². The number of carbonyl (C=O) groups is 1. The molecule has 1 heterocycles. The largest absolute Gasteiger partial charge is 0.384 e. The van der Waals surface area contributed by atoms with Crippen LogP contribution in [0.4, 0.5) is 8.78 Å². The predicted octanol–water partition coefficient (Wildman–Crippen LogP) is 5.12. The minimum absolute atomic E-state index is 0.134. The molecule has 4 nitrogen and oxygen atoms in total. The number of carbonyl (C=O) groups excluding carboxylic acids is 1. The van der Waals surface area contributed by atoms with Gasteiger partial charge < -0.3 is 14.8 Å². The lowest BCUT2D eigenvalue weighted by atomic mass is 9.81. The molecule has 1 N–H and O–H groups in total. The molecule has 1 amide bonds. The van der Waals surface area contributed by atoms with E-state index in [1.807, 2.05) is 25.1 Å². The normalized spacial score (nSPS) is 24.3. The summed E-state index contributed by atoms with van der Waals surface area (Å²) in [4.78, 5) is 12.4. The summed E-state index contributed by atoms with van der Waals surface area (Å²) in [6.45, 7) is 2.26. The molecule has 0 radical (unpaired) electrons. The molecule has 1 aliphatic rings. The van der Waals surface area contributed by atoms with Crippen LogP contribution >= 0.6 is 11.6 Å². The summed E-state index contributed by atoms with van der Waals surface area (Å²) < 4.78 is 38.4. The lowest BCUT2D eigenvalue weighted by Crippen LogP contribution is -2.51. The highest BCUT2D eigenvalue weighted by molar-refractivity contribution is 6.30. The van der Waals surface area contributed by atoms with Gasteiger partial charge in [-0.1, -0.05) is 29.8 Å². The number of hydrogen-bond donors (Lipinski definition) is 1. The molecule has 0 aromatic heterocycles. The smallest absolute Gasteiger partial charge is 0.222 e. The highest BCUT2D eigenvalue weighted by atomic mass is 35.5. The van der Waals surface area contributed by atoms with Crippen LogP contribution in [0.25, 0.3) is 0 Å². The molecule has 156 valence electrons. The molecule has 3 rings (SSSR count). The average Bonchev–Trinajstić information content (AvgIpc) is 2.67. The molecule has 29 heavy (non-hydrogen) atoms. The molecule has 0 saturated carbocycles. The first kappa shape index (κ1) is 21.7. The molecule has 0 unspecified atom stereocenters. The lowest BCUT2D eigenvalue weighted by molar-refractivity contribution is -0.129. The number of ether oxygens (including phenoxy) is 2. The molecule has 7 heteroatoms. The van der Waals surface area contributed by atoms with Crippen LogP contribution in [0.1, 0.15) is 49.5 Å². The Morgan fingerprint density at radius 1 is 1.17 bits per heavy atom. The third-order valence-corrected chi connectivity index (χ3v) is 5.35. The molecule has 0 bridgehead atoms. The Hall–Kier alpha value is -2.02. The zero-order valence-electron chi connectivity index (χ0n) is 16.4. The van der Waals surface area contributed by atoms with Crippen LogP contribution in [0.5, 0.6) is 0 Å². The van der Waals surface area contributed by atoms with Gasteiger partial charge in [-0.2, -0.15) is 0 Å². The van der Waals surface area contributed by atoms with Crippen molar-refractivity contribution in [3.8, 4) is 0 Å². The summed E-state index contributed by atoms with van der Waals surface area (Å²) in [7, 11) is 1.54. The van der Waals surface area contributed by atoms with Gasteiger partial charge >= 0.3 is 0 Å². The zero-order chi connectivity index (χ0) is 21.0. The second kappa shape index (κ2) is 9.20. The van der Waals surface area contributed by atoms with Gasteiger partial charge in [0.25, 0.3) is 0 Å². The first-order valence-corrected chi connectivity index (χ1v) is 9.83. The summed E-state index contributed by atoms with van der Waals surface area (Å²) in [5, 5.41) is 3.65. The molecule has 3 atom stereocenters. The number of hydrogen-bond acceptors (Lipinski definition) is 3. The van der Waals surface area contributed by atoms with Gasteiger partial charge in [0, 0.05) is 36.9 Å². The fourth-order valence-electron chi connectivity index (χ4n) is 3.70. The summed E-state index contributed by atoms with van der Waals surface area (Å²) in [6, 6.07) is 11.1. The van der Waals surface area contributed by atoms with Crippen molar-refractivity contribution in [2.24, 2.45) is 0 Å². The molecular formula is C22H24ClF2NO3. The second-order valence-corrected chi connectivity index (χ2v) is 8.04. The molecule has 2 aromatic rings. The highest BCUT2D eigenvalue weighted by Crippen LogP contribution is 2.44. The van der Waals surface area contributed by atoms with E-state index < -0.39 is 23.3 Å². The minimum Gasteiger partial charge on any atom is -0.384 e. The molecule has 1 saturated heterocycles. The fourth-order valence-corrected chi connectivity index (χ4v) is 3.90. The van der Waals surface area contributed by atoms with Crippen molar-refractivity contribution in [2.45, 2.75) is 43.9 Å². The van der Waals surface area contributed by atoms with E-state index >= 15 is 0 Å². The van der Waals surface area contributed by atoms with E-state index in [1.165, 1.54) is 13.2 Å². The van der Waals surface area contributed by atoms with Gasteiger partial charge in [0.2, 0.25) is 5.91 Å². The Balaban J connectivity index is 1.89. The van der Waals surface area contributed by atoms with E-state index in [0.29, 0.717) is 30.0 Å². The number of nitrogens with one attached hydrogen (secondary N) is 1. The van der Waals surface area contributed by atoms with Crippen molar-refractivity contribution in [2.75, 3.05) is 13.7 Å². The van der Waals surface area contributed by atoms with Crippen LogP contribution in [0.2, 0.25) is 5.02 Å². The predicted molar refractivity (Wildman–Crippen MR) is 107 cm³/mol. The van der Waals surface area contributed by atoms with Gasteiger partial charge in [0.15, 0.2) is 11.6 Å². The van der Waals surface area contributed by atoms with Gasteiger partial charge in [-0.15, -0.1) is 0 Å². The van der Waals surface area contributed by atoms with Crippen molar-refractivity contribution in [3.05, 3.63) is 70.2 Å². The number of benzene rings is 2. The molecule has 0 spiro atoms. The molecule has 1 fully saturated rings. The van der Waals surface area contributed by atoms with Crippen LogP contribution in [0.15, 0.2) is 42.5 Å². The van der Waals surface area contributed by atoms with Gasteiger partial charge in [0.05, 0.1) is 18.8 Å². The molecule has 0 aliphatic carbocycles. The fraction of sp³-hybridized carbons (Fsp3) is 0.409. The number of amides is 1. The Kier molecular flexibility index (Phi) is 6.88. The van der Waals surface area contributed by atoms with E-state index in [4.69, 9.17) is 21.1 Å². The first-order chi connectivity index (χ1) is 13.8. The number of halogens is 3. The van der Waals surface area contributed by atoms with Crippen molar-refractivity contribution in [1.29, 1.82) is 0 Å². The third-order valence-electron chi connectivity index (χ3n) is 5.11. The van der Waals surface area contributed by atoms with Crippen molar-refractivity contribution in [3.63, 3.8) is 0 Å². The number of methoxy groups -OCH3 is 1. The Bertz CT molecular complexity index is 879. The van der Waals surface area contributed by atoms with E-state index in [2.05, 4.69) is 5.32 Å². The van der Waals surface area contributed by atoms with Crippen LogP contribution in [-0.2, 0) is 14.3 Å². The van der Waals surface area contributed by atoms with Crippen molar-refractivity contribution < 1.29 is 23.0 Å². The first-order valence-electron chi connectivity index (χ1n) is 9.45. The maximum Gasteiger partial charge on any atom is 0.222 e. The van der Waals surface area contributed by atoms with Gasteiger partial charge in [0.1, 0.15) is 0 Å². The van der Waals surface area contributed by atoms with Gasteiger partial charge in [-0.25, -0.2) is 8.78 Å². The average molecular weight is 424 g/mol. The standard InChI is InChI=1S/C22H24ClF2NO3/c1-22(26-21(27)8-9-28-2)12-19(14-4-3-5-16(23)10-14)29-20(13-22)15-6-7-17(24)18(25)11-15/h3-7,10-11,19-20H,8-9,12-13H2,1-2H3,(H,26,27)/t19-,20+,22-/m0/s1. The highest BCUT2D eigenvalue weighted by Gasteiger charge is 2.40. The van der Waals surface area contributed by atoms with Gasteiger partial charge in [-0.3, -0.25) is 4.79 Å². The monoisotopic (exact) mass is 423 g/mol.